The van der Waals surface area contributed by atoms with E-state index in [1.807, 2.05) is 50.2 Å². The minimum absolute atomic E-state index is 0.0111. The fourth-order valence-electron chi connectivity index (χ4n) is 5.10. The van der Waals surface area contributed by atoms with Crippen LogP contribution in [0.4, 0.5) is 5.82 Å². The third-order valence-electron chi connectivity index (χ3n) is 7.21. The third-order valence-corrected chi connectivity index (χ3v) is 7.21. The molecule has 2 N–H and O–H groups in total. The van der Waals surface area contributed by atoms with Gasteiger partial charge in [0.15, 0.2) is 17.2 Å². The van der Waals surface area contributed by atoms with Crippen molar-refractivity contribution in [2.45, 2.75) is 52.5 Å². The number of benzene rings is 2. The average Bonchev–Trinajstić information content (AvgIpc) is 3.50. The maximum absolute atomic E-state index is 13.5. The monoisotopic (exact) mass is 501 g/mol. The molecule has 4 aromatic rings. The van der Waals surface area contributed by atoms with Crippen molar-refractivity contribution in [1.82, 2.24) is 9.78 Å². The highest BCUT2D eigenvalue weighted by Gasteiger charge is 2.34. The molecule has 1 fully saturated rings. The third kappa shape index (κ3) is 4.71. The quantitative estimate of drug-likeness (QED) is 0.323. The van der Waals surface area contributed by atoms with Gasteiger partial charge in [-0.25, -0.2) is 9.48 Å². The van der Waals surface area contributed by atoms with Crippen LogP contribution < -0.4 is 4.90 Å². The second-order valence-corrected chi connectivity index (χ2v) is 10.2. The van der Waals surface area contributed by atoms with E-state index in [1.165, 1.54) is 10.9 Å². The van der Waals surface area contributed by atoms with Crippen molar-refractivity contribution < 1.29 is 24.2 Å². The summed E-state index contributed by atoms with van der Waals surface area (Å²) in [5.74, 6) is 0.162. The number of carboxylic acids is 1. The highest BCUT2D eigenvalue weighted by atomic mass is 16.4. The summed E-state index contributed by atoms with van der Waals surface area (Å²) in [5.41, 5.74) is 1.87. The molecule has 8 nitrogen and oxygen atoms in total. The molecule has 37 heavy (non-hydrogen) atoms. The minimum Gasteiger partial charge on any atom is -0.504 e. The van der Waals surface area contributed by atoms with Crippen LogP contribution in [-0.2, 0) is 4.79 Å². The number of carboxylic acid groups (broad SMARTS) is 1. The summed E-state index contributed by atoms with van der Waals surface area (Å²) in [5, 5.41) is 25.4. The number of fused-ring (bicyclic) bond motifs is 1. The van der Waals surface area contributed by atoms with Gasteiger partial charge in [0.05, 0.1) is 5.69 Å². The fraction of sp³-hybridized carbons (Fsp3) is 0.345. The summed E-state index contributed by atoms with van der Waals surface area (Å²) in [6, 6.07) is 14.1. The van der Waals surface area contributed by atoms with Crippen molar-refractivity contribution in [3.63, 3.8) is 0 Å². The number of rotatable bonds is 6. The summed E-state index contributed by atoms with van der Waals surface area (Å²) in [7, 11) is 0. The molecule has 192 valence electrons. The number of aromatic carboxylic acids is 1. The van der Waals surface area contributed by atoms with Gasteiger partial charge in [0.1, 0.15) is 11.3 Å². The van der Waals surface area contributed by atoms with E-state index in [4.69, 9.17) is 4.42 Å². The standard InChI is InChI=1S/C29H31N3O5/c1-17(2)32(28(34)20-9-7-18(3)8-10-20)27-23(29(35)36)16-31(30-27)22-13-11-19(12-14-22)25-15-21-5-4-6-24(33)26(21)37-25/h4-6,11-18,20,33H,7-10H2,1-3H3,(H,35,36)/t18-,20-. The van der Waals surface area contributed by atoms with E-state index < -0.39 is 5.97 Å². The Kier molecular flexibility index (Phi) is 6.50. The van der Waals surface area contributed by atoms with Crippen LogP contribution in [-0.4, -0.2) is 37.9 Å². The molecule has 2 heterocycles. The van der Waals surface area contributed by atoms with E-state index in [9.17, 15) is 19.8 Å². The Balaban J connectivity index is 1.46. The molecule has 2 aromatic carbocycles. The van der Waals surface area contributed by atoms with Gasteiger partial charge < -0.3 is 14.6 Å². The predicted octanol–water partition coefficient (Wildman–Crippen LogP) is 6.26. The molecule has 0 unspecified atom stereocenters. The molecule has 2 aromatic heterocycles. The molecule has 0 spiro atoms. The molecule has 1 aliphatic rings. The molecular formula is C29H31N3O5. The van der Waals surface area contributed by atoms with Crippen molar-refractivity contribution in [3.05, 3.63) is 60.3 Å². The number of hydrogen-bond acceptors (Lipinski definition) is 5. The highest BCUT2D eigenvalue weighted by molar-refractivity contribution is 6.01. The zero-order valence-electron chi connectivity index (χ0n) is 21.2. The largest absolute Gasteiger partial charge is 0.504 e. The van der Waals surface area contributed by atoms with Gasteiger partial charge in [0, 0.05) is 29.1 Å². The number of para-hydroxylation sites is 1. The van der Waals surface area contributed by atoms with Crippen LogP contribution in [0.25, 0.3) is 28.0 Å². The Bertz CT molecular complexity index is 1440. The number of aromatic nitrogens is 2. The van der Waals surface area contributed by atoms with Gasteiger partial charge >= 0.3 is 5.97 Å². The molecule has 0 aliphatic heterocycles. The Morgan fingerprint density at radius 2 is 1.78 bits per heavy atom. The van der Waals surface area contributed by atoms with E-state index in [0.717, 1.165) is 36.6 Å². The van der Waals surface area contributed by atoms with Crippen molar-refractivity contribution >= 4 is 28.7 Å². The summed E-state index contributed by atoms with van der Waals surface area (Å²) in [6.45, 7) is 5.97. The zero-order valence-corrected chi connectivity index (χ0v) is 21.2. The lowest BCUT2D eigenvalue weighted by Gasteiger charge is -2.32. The molecule has 0 saturated heterocycles. The van der Waals surface area contributed by atoms with E-state index in [0.29, 0.717) is 22.9 Å². The van der Waals surface area contributed by atoms with Gasteiger partial charge in [-0.2, -0.15) is 0 Å². The summed E-state index contributed by atoms with van der Waals surface area (Å²) >= 11 is 0. The molecule has 1 saturated carbocycles. The predicted molar refractivity (Wildman–Crippen MR) is 141 cm³/mol. The van der Waals surface area contributed by atoms with Crippen molar-refractivity contribution in [2.24, 2.45) is 11.8 Å². The fourth-order valence-corrected chi connectivity index (χ4v) is 5.10. The maximum atomic E-state index is 13.5. The van der Waals surface area contributed by atoms with Crippen molar-refractivity contribution in [3.8, 4) is 22.8 Å². The topological polar surface area (TPSA) is 109 Å². The first-order chi connectivity index (χ1) is 17.7. The number of carbonyl (C=O) groups is 2. The summed E-state index contributed by atoms with van der Waals surface area (Å²) in [6.07, 6.45) is 5.08. The van der Waals surface area contributed by atoms with Crippen molar-refractivity contribution in [2.75, 3.05) is 4.90 Å². The molecule has 0 bridgehead atoms. The summed E-state index contributed by atoms with van der Waals surface area (Å²) < 4.78 is 7.34. The van der Waals surface area contributed by atoms with Gasteiger partial charge in [-0.15, -0.1) is 5.10 Å². The van der Waals surface area contributed by atoms with E-state index in [1.54, 1.807) is 17.0 Å². The number of anilines is 1. The first-order valence-electron chi connectivity index (χ1n) is 12.7. The van der Waals surface area contributed by atoms with Crippen molar-refractivity contribution in [1.29, 1.82) is 0 Å². The first kappa shape index (κ1) is 24.6. The van der Waals surface area contributed by atoms with Crippen LogP contribution >= 0.6 is 0 Å². The van der Waals surface area contributed by atoms with Gasteiger partial charge in [-0.05, 0) is 81.8 Å². The average molecular weight is 502 g/mol. The highest BCUT2D eigenvalue weighted by Crippen LogP contribution is 2.34. The number of phenolic OH excluding ortho intramolecular Hbond substituents is 1. The van der Waals surface area contributed by atoms with E-state index in [-0.39, 0.29) is 35.0 Å². The number of amides is 1. The molecule has 8 heteroatoms. The Hall–Kier alpha value is -4.07. The molecule has 1 amide bonds. The number of aromatic hydroxyl groups is 1. The smallest absolute Gasteiger partial charge is 0.341 e. The Morgan fingerprint density at radius 1 is 1.08 bits per heavy atom. The lowest BCUT2D eigenvalue weighted by Crippen LogP contribution is -2.43. The lowest BCUT2D eigenvalue weighted by atomic mass is 9.82. The van der Waals surface area contributed by atoms with Crippen LogP contribution in [0.5, 0.6) is 5.75 Å². The second kappa shape index (κ2) is 9.76. The minimum atomic E-state index is -1.13. The Morgan fingerprint density at radius 3 is 2.41 bits per heavy atom. The van der Waals surface area contributed by atoms with Crippen LogP contribution in [0.3, 0.4) is 0 Å². The number of hydrogen-bond donors (Lipinski definition) is 2. The molecule has 1 aliphatic carbocycles. The number of nitrogens with zero attached hydrogens (tertiary/aromatic N) is 3. The van der Waals surface area contributed by atoms with Gasteiger partial charge in [0.25, 0.3) is 0 Å². The second-order valence-electron chi connectivity index (χ2n) is 10.2. The Labute approximate surface area is 215 Å². The first-order valence-corrected chi connectivity index (χ1v) is 12.7. The van der Waals surface area contributed by atoms with Crippen LogP contribution in [0.15, 0.2) is 59.1 Å². The van der Waals surface area contributed by atoms with Gasteiger partial charge in [0.2, 0.25) is 5.91 Å². The van der Waals surface area contributed by atoms with Crippen LogP contribution in [0, 0.1) is 11.8 Å². The van der Waals surface area contributed by atoms with Crippen LogP contribution in [0.2, 0.25) is 0 Å². The lowest BCUT2D eigenvalue weighted by molar-refractivity contribution is -0.124. The van der Waals surface area contributed by atoms with Crippen LogP contribution in [0.1, 0.15) is 56.8 Å². The molecule has 5 rings (SSSR count). The summed E-state index contributed by atoms with van der Waals surface area (Å²) in [4.78, 5) is 27.2. The van der Waals surface area contributed by atoms with E-state index in [2.05, 4.69) is 12.0 Å². The van der Waals surface area contributed by atoms with Gasteiger partial charge in [-0.1, -0.05) is 19.1 Å². The molecule has 0 radical (unpaired) electrons. The SMILES string of the molecule is CC(C)N(c1nn(-c2ccc(-c3cc4cccc(O)c4o3)cc2)cc1C(=O)O)C(=O)[C@H]1CC[C@H](C)CC1. The number of carbonyl (C=O) groups excluding carboxylic acids is 1. The molecule has 0 atom stereocenters. The maximum Gasteiger partial charge on any atom is 0.341 e. The zero-order chi connectivity index (χ0) is 26.3. The number of phenols is 1. The van der Waals surface area contributed by atoms with Gasteiger partial charge in [-0.3, -0.25) is 9.69 Å². The number of furan rings is 1. The molecular weight excluding hydrogens is 470 g/mol. The normalized spacial score (nSPS) is 17.8. The van der Waals surface area contributed by atoms with E-state index >= 15 is 0 Å².